The third-order valence-corrected chi connectivity index (χ3v) is 44.2. The molecule has 636 valence electrons. The molecule has 0 amide bonds. The van der Waals surface area contributed by atoms with Gasteiger partial charge in [-0.15, -0.1) is 68.0 Å². The molecular weight excluding hydrogens is 1850 g/mol. The van der Waals surface area contributed by atoms with Crippen molar-refractivity contribution in [1.82, 2.24) is 0 Å². The van der Waals surface area contributed by atoms with Gasteiger partial charge in [0.1, 0.15) is 0 Å². The van der Waals surface area contributed by atoms with Crippen molar-refractivity contribution in [2.24, 2.45) is 0 Å². The summed E-state index contributed by atoms with van der Waals surface area (Å²) in [5.41, 5.74) is 6.16. The summed E-state index contributed by atoms with van der Waals surface area (Å²) in [6, 6.07) is 47.9. The van der Waals surface area contributed by atoms with E-state index in [1.165, 1.54) is 407 Å². The standard InChI is InChI=1S/C48H64S4.C32H52Br2S2.C15H9S2.C6H5Cl.3CH3.H3P.Sn/c1-5-7-9-11-13-15-17-19-21-23-25-37-31-35(3)49-47(37)43-33-39-27-29-42-41(45(39)51-43)30-28-40-34-44(52-46(40)42)48-38(32-36(4)50-48)26-24-22-20-18-16-14-12-10-8-6-2;1-3-5-7-9-11-13-15-17-19-21-23-27-25-29(35-31(27)33)30-26-28(32(34)36-30)24-22-20-18-16-14-12-10-8-6-4-2;1-9-8-11-3-5-12-13(15(11)17-9)4-2-10-6-7-16-14(10)12;7-6-4-2-1-3-5-6;;;;;/h27-34H,5-26H2,1-4H3;25-26H,3-24H2,1-2H3;2-6,8H,1H3;1-5H;4*1H3;. The second-order valence-corrected chi connectivity index (χ2v) is 61.8. The van der Waals surface area contributed by atoms with Crippen molar-refractivity contribution >= 4 is 227 Å². The average Bonchev–Trinajstić information content (AvgIpc) is 1.61. The molecule has 8 heterocycles. The van der Waals surface area contributed by atoms with Gasteiger partial charge in [0.05, 0.1) is 7.57 Å². The number of halogens is 3. The fourth-order valence-corrected chi connectivity index (χ4v) is 32.5. The maximum atomic E-state index is 5.54. The fourth-order valence-electron chi connectivity index (χ4n) is 16.5. The zero-order valence-electron chi connectivity index (χ0n) is 73.3. The summed E-state index contributed by atoms with van der Waals surface area (Å²) in [4.78, 5) is 20.6. The molecule has 0 aliphatic heterocycles. The molecule has 13 heteroatoms. The Kier molecular flexibility index (Phi) is 45.4. The maximum Gasteiger partial charge on any atom is 0.0405 e. The summed E-state index contributed by atoms with van der Waals surface area (Å²) in [5, 5.41) is 12.1. The minimum atomic E-state index is -1.98. The van der Waals surface area contributed by atoms with Crippen LogP contribution in [0.5, 0.6) is 0 Å². The molecule has 0 radical (unpaired) electrons. The van der Waals surface area contributed by atoms with Gasteiger partial charge in [-0.25, -0.2) is 0 Å². The van der Waals surface area contributed by atoms with Crippen LogP contribution >= 0.6 is 144 Å². The van der Waals surface area contributed by atoms with E-state index in [9.17, 15) is 0 Å². The van der Waals surface area contributed by atoms with Gasteiger partial charge in [0.2, 0.25) is 0 Å². The van der Waals surface area contributed by atoms with Gasteiger partial charge < -0.3 is 0 Å². The van der Waals surface area contributed by atoms with Crippen LogP contribution in [0, 0.1) is 20.8 Å². The molecule has 0 bridgehead atoms. The van der Waals surface area contributed by atoms with Gasteiger partial charge in [0.15, 0.2) is 0 Å². The second-order valence-electron chi connectivity index (χ2n) is 34.3. The third kappa shape index (κ3) is 31.7. The largest absolute Gasteiger partial charge is 0.153 e. The van der Waals surface area contributed by atoms with Crippen LogP contribution in [0.4, 0.5) is 0 Å². The summed E-state index contributed by atoms with van der Waals surface area (Å²) in [7, 11) is 0. The third-order valence-electron chi connectivity index (χ3n) is 23.2. The molecule has 13 aromatic rings. The van der Waals surface area contributed by atoms with Crippen LogP contribution in [0.25, 0.3) is 91.2 Å². The summed E-state index contributed by atoms with van der Waals surface area (Å²) >= 11 is 27.1. The fraction of sp³-hybridized carbons (Fsp3) is 0.519. The van der Waals surface area contributed by atoms with Crippen LogP contribution in [-0.4, -0.2) is 18.4 Å². The zero-order valence-corrected chi connectivity index (χ0v) is 88.1. The van der Waals surface area contributed by atoms with Gasteiger partial charge in [-0.1, -0.05) is 313 Å². The monoisotopic (exact) mass is 1990 g/mol. The summed E-state index contributed by atoms with van der Waals surface area (Å²) in [5.74, 6) is 0. The summed E-state index contributed by atoms with van der Waals surface area (Å²) in [6.45, 7) is 16.0. The first-order valence-electron chi connectivity index (χ1n) is 45.7. The topological polar surface area (TPSA) is 0 Å². The summed E-state index contributed by atoms with van der Waals surface area (Å²) in [6.07, 6.45) is 60.9. The van der Waals surface area contributed by atoms with Crippen LogP contribution in [0.1, 0.15) is 321 Å². The van der Waals surface area contributed by atoms with Crippen LogP contribution in [0.2, 0.25) is 19.8 Å². The first kappa shape index (κ1) is 98.5. The molecule has 0 saturated heterocycles. The molecule has 0 nitrogen and oxygen atoms in total. The quantitative estimate of drug-likeness (QED) is 0.0203. The normalized spacial score (nSPS) is 11.7. The van der Waals surface area contributed by atoms with Crippen molar-refractivity contribution in [2.45, 2.75) is 346 Å². The molecule has 1 atom stereocenters. The number of unbranched alkanes of at least 4 members (excludes halogenated alkanes) is 36. The van der Waals surface area contributed by atoms with E-state index < -0.39 is 18.4 Å². The number of hydrogen-bond acceptors (Lipinski definition) is 8. The molecule has 5 aromatic carbocycles. The van der Waals surface area contributed by atoms with E-state index in [0.717, 1.165) is 5.02 Å². The first-order valence-corrected chi connectivity index (χ1v) is 64.2. The van der Waals surface area contributed by atoms with Crippen LogP contribution in [0.3, 0.4) is 0 Å². The molecule has 0 N–H and O–H groups in total. The Hall–Kier alpha value is -2.26. The molecule has 0 spiro atoms. The minimum Gasteiger partial charge on any atom is -0.153 e. The molecule has 8 aromatic heterocycles. The van der Waals surface area contributed by atoms with Gasteiger partial charge in [0, 0.05) is 64.2 Å². The Bertz CT molecular complexity index is 4760. The van der Waals surface area contributed by atoms with Gasteiger partial charge in [-0.2, -0.15) is 9.90 Å². The molecule has 1 unspecified atom stereocenters. The Balaban J connectivity index is 0.000000206. The maximum absolute atomic E-state index is 5.54. The first-order chi connectivity index (χ1) is 56.5. The average molecular weight is 1990 g/mol. The molecular formula is C104H142Br2ClPS8Sn. The van der Waals surface area contributed by atoms with Crippen molar-refractivity contribution < 1.29 is 0 Å². The number of rotatable bonds is 48. The second kappa shape index (κ2) is 53.9. The molecule has 0 aliphatic carbocycles. The van der Waals surface area contributed by atoms with E-state index in [1.54, 1.807) is 14.0 Å². The predicted molar refractivity (Wildman–Crippen MR) is 561 cm³/mol. The Morgan fingerprint density at radius 3 is 0.872 bits per heavy atom. The molecule has 117 heavy (non-hydrogen) atoms. The van der Waals surface area contributed by atoms with Crippen molar-refractivity contribution in [3.05, 3.63) is 177 Å². The van der Waals surface area contributed by atoms with E-state index in [1.807, 2.05) is 121 Å². The SMILES string of the molecule is CCCCCCCCCCCCc1cc(-c2cc(CCCCCCCCCCCC)c(Br)s2)sc1Br.CCCCCCCCCCCCc1cc(C)sc1-c1cc2ccc3c(ccc4cc(-c5sc(C)cc5CCCCCCCCCCCC)sc43)c2s1.Cc1cc2ccc3c(ccc4c[c]([Sn]([CH3])([CH3])[CH3])sc43)c2s1.Clc1ccccc1.P. The van der Waals surface area contributed by atoms with E-state index >= 15 is 0 Å². The van der Waals surface area contributed by atoms with E-state index in [4.69, 9.17) is 11.6 Å². The van der Waals surface area contributed by atoms with Gasteiger partial charge in [0.25, 0.3) is 0 Å². The Labute approximate surface area is 770 Å². The van der Waals surface area contributed by atoms with Crippen molar-refractivity contribution in [1.29, 1.82) is 0 Å². The molecule has 0 fully saturated rings. The molecule has 0 saturated carbocycles. The van der Waals surface area contributed by atoms with Crippen LogP contribution < -0.4 is 2.89 Å². The van der Waals surface area contributed by atoms with E-state index in [0.29, 0.717) is 0 Å². The zero-order chi connectivity index (χ0) is 81.9. The van der Waals surface area contributed by atoms with Crippen LogP contribution in [0.15, 0.2) is 135 Å². The van der Waals surface area contributed by atoms with Gasteiger partial charge in [-0.3, -0.25) is 0 Å². The van der Waals surface area contributed by atoms with E-state index in [2.05, 4.69) is 192 Å². The Morgan fingerprint density at radius 1 is 0.274 bits per heavy atom. The molecule has 0 aliphatic rings. The van der Waals surface area contributed by atoms with Gasteiger partial charge in [-0.05, 0) is 179 Å². The smallest absolute Gasteiger partial charge is 0.0405 e. The number of fused-ring (bicyclic) bond motifs is 10. The number of aryl methyl sites for hydroxylation is 7. The van der Waals surface area contributed by atoms with Crippen molar-refractivity contribution in [3.63, 3.8) is 0 Å². The number of benzene rings is 5. The molecule has 13 rings (SSSR count). The van der Waals surface area contributed by atoms with Gasteiger partial charge >= 0.3 is 138 Å². The minimum absolute atomic E-state index is 0. The summed E-state index contributed by atoms with van der Waals surface area (Å²) < 4.78 is 10.2. The number of hydrogen-bond donors (Lipinski definition) is 0. The predicted octanol–water partition coefficient (Wildman–Crippen LogP) is 40.7. The van der Waals surface area contributed by atoms with E-state index in [-0.39, 0.29) is 9.90 Å². The number of thiophene rings is 8. The van der Waals surface area contributed by atoms with Crippen molar-refractivity contribution in [3.8, 4) is 29.3 Å². The van der Waals surface area contributed by atoms with Crippen LogP contribution in [-0.2, 0) is 25.7 Å². The van der Waals surface area contributed by atoms with Crippen molar-refractivity contribution in [2.75, 3.05) is 0 Å². The Morgan fingerprint density at radius 2 is 0.556 bits per heavy atom.